The maximum absolute atomic E-state index is 14.5. The molecule has 1 unspecified atom stereocenters. The summed E-state index contributed by atoms with van der Waals surface area (Å²) in [7, 11) is 0. The Balaban J connectivity index is 1.21. The highest BCUT2D eigenvalue weighted by molar-refractivity contribution is 6.09. The second-order valence-corrected chi connectivity index (χ2v) is 11.0. The van der Waals surface area contributed by atoms with Gasteiger partial charge in [-0.25, -0.2) is 9.38 Å². The number of carbonyl (C=O) groups is 2. The highest BCUT2D eigenvalue weighted by Crippen LogP contribution is 2.41. The summed E-state index contributed by atoms with van der Waals surface area (Å²) in [5, 5.41) is 0. The van der Waals surface area contributed by atoms with Gasteiger partial charge in [0.25, 0.3) is 11.8 Å². The maximum atomic E-state index is 14.5. The van der Waals surface area contributed by atoms with Crippen LogP contribution >= 0.6 is 0 Å². The number of pyridine rings is 1. The molecule has 2 aliphatic rings. The molecule has 4 aromatic carbocycles. The van der Waals surface area contributed by atoms with E-state index in [1.54, 1.807) is 36.7 Å². The van der Waals surface area contributed by atoms with Gasteiger partial charge in [-0.15, -0.1) is 0 Å². The fourth-order valence-corrected chi connectivity index (χ4v) is 6.07. The predicted octanol–water partition coefficient (Wildman–Crippen LogP) is 5.64. The van der Waals surface area contributed by atoms with E-state index in [0.717, 1.165) is 27.8 Å². The number of nitrogens with two attached hydrogens (primary N) is 1. The SMILES string of the molecule is NC1=NC(c2ccc(F)cc2)(c2cccc(-c3cccnc3)c2)C(=O)N1Cc1cccc(C(=O)N2Cc3ccccc3C2)c1. The van der Waals surface area contributed by atoms with Crippen molar-refractivity contribution in [1.29, 1.82) is 0 Å². The van der Waals surface area contributed by atoms with E-state index < -0.39 is 11.4 Å². The number of carbonyl (C=O) groups excluding carboxylic acids is 2. The molecule has 0 bridgehead atoms. The van der Waals surface area contributed by atoms with E-state index >= 15 is 0 Å². The van der Waals surface area contributed by atoms with E-state index in [9.17, 15) is 14.0 Å². The van der Waals surface area contributed by atoms with Crippen LogP contribution in [-0.4, -0.2) is 32.6 Å². The number of nitrogens with zero attached hydrogens (tertiary/aromatic N) is 4. The third-order valence-corrected chi connectivity index (χ3v) is 8.29. The Morgan fingerprint density at radius 2 is 1.55 bits per heavy atom. The normalized spacial score (nSPS) is 17.5. The van der Waals surface area contributed by atoms with Crippen LogP contribution in [0.4, 0.5) is 4.39 Å². The fraction of sp³-hybridized carbons (Fsp3) is 0.111. The predicted molar refractivity (Wildman–Crippen MR) is 165 cm³/mol. The molecule has 8 heteroatoms. The van der Waals surface area contributed by atoms with Crippen molar-refractivity contribution in [2.24, 2.45) is 10.7 Å². The van der Waals surface area contributed by atoms with Crippen LogP contribution < -0.4 is 5.73 Å². The monoisotopic (exact) mass is 581 g/mol. The molecule has 0 spiro atoms. The van der Waals surface area contributed by atoms with Crippen molar-refractivity contribution in [2.75, 3.05) is 0 Å². The van der Waals surface area contributed by atoms with Gasteiger partial charge in [0, 0.05) is 31.0 Å². The summed E-state index contributed by atoms with van der Waals surface area (Å²) in [5.41, 5.74) is 11.4. The van der Waals surface area contributed by atoms with Gasteiger partial charge < -0.3 is 10.6 Å². The quantitative estimate of drug-likeness (QED) is 0.281. The topological polar surface area (TPSA) is 91.9 Å². The van der Waals surface area contributed by atoms with Gasteiger partial charge in [0.15, 0.2) is 11.5 Å². The van der Waals surface area contributed by atoms with E-state index in [0.29, 0.717) is 29.8 Å². The number of hydrogen-bond donors (Lipinski definition) is 1. The van der Waals surface area contributed by atoms with Crippen LogP contribution in [0.1, 0.15) is 38.2 Å². The number of guanidine groups is 1. The number of aromatic nitrogens is 1. The fourth-order valence-electron chi connectivity index (χ4n) is 6.07. The lowest BCUT2D eigenvalue weighted by Gasteiger charge is -2.28. The molecule has 3 heterocycles. The second-order valence-electron chi connectivity index (χ2n) is 11.0. The Kier molecular flexibility index (Phi) is 6.74. The van der Waals surface area contributed by atoms with Gasteiger partial charge >= 0.3 is 0 Å². The molecule has 0 radical (unpaired) electrons. The third-order valence-electron chi connectivity index (χ3n) is 8.29. The van der Waals surface area contributed by atoms with E-state index in [4.69, 9.17) is 10.7 Å². The summed E-state index contributed by atoms with van der Waals surface area (Å²) in [6.45, 7) is 1.23. The largest absolute Gasteiger partial charge is 0.369 e. The van der Waals surface area contributed by atoms with Crippen molar-refractivity contribution in [2.45, 2.75) is 25.2 Å². The molecule has 1 atom stereocenters. The number of fused-ring (bicyclic) bond motifs is 1. The van der Waals surface area contributed by atoms with Crippen molar-refractivity contribution in [3.8, 4) is 11.1 Å². The van der Waals surface area contributed by atoms with Crippen LogP contribution in [0.25, 0.3) is 11.1 Å². The molecule has 0 fully saturated rings. The molecule has 2 N–H and O–H groups in total. The van der Waals surface area contributed by atoms with Crippen molar-refractivity contribution in [3.63, 3.8) is 0 Å². The van der Waals surface area contributed by atoms with Crippen LogP contribution in [-0.2, 0) is 30.0 Å². The van der Waals surface area contributed by atoms with E-state index in [2.05, 4.69) is 4.98 Å². The molecule has 5 aromatic rings. The van der Waals surface area contributed by atoms with Gasteiger partial charge in [-0.1, -0.05) is 72.8 Å². The Morgan fingerprint density at radius 1 is 0.818 bits per heavy atom. The van der Waals surface area contributed by atoms with Crippen molar-refractivity contribution in [1.82, 2.24) is 14.8 Å². The van der Waals surface area contributed by atoms with Crippen LogP contribution in [0.5, 0.6) is 0 Å². The summed E-state index contributed by atoms with van der Waals surface area (Å²) in [5.74, 6) is -0.824. The van der Waals surface area contributed by atoms with Crippen LogP contribution in [0, 0.1) is 5.82 Å². The minimum atomic E-state index is -1.52. The molecular weight excluding hydrogens is 553 g/mol. The molecule has 7 rings (SSSR count). The Morgan fingerprint density at radius 3 is 2.27 bits per heavy atom. The lowest BCUT2D eigenvalue weighted by molar-refractivity contribution is -0.130. The molecule has 0 saturated heterocycles. The zero-order valence-electron chi connectivity index (χ0n) is 23.7. The second kappa shape index (κ2) is 10.9. The highest BCUT2D eigenvalue weighted by atomic mass is 19.1. The average molecular weight is 582 g/mol. The molecule has 0 aliphatic carbocycles. The Bertz CT molecular complexity index is 1900. The first kappa shape index (κ1) is 27.2. The number of hydrogen-bond acceptors (Lipinski definition) is 5. The molecule has 2 amide bonds. The molecule has 216 valence electrons. The van der Waals surface area contributed by atoms with Crippen molar-refractivity contribution in [3.05, 3.63) is 161 Å². The van der Waals surface area contributed by atoms with Crippen molar-refractivity contribution >= 4 is 17.8 Å². The van der Waals surface area contributed by atoms with Crippen LogP contribution in [0.2, 0.25) is 0 Å². The number of aliphatic imine (C=N–C) groups is 1. The number of amides is 2. The highest BCUT2D eigenvalue weighted by Gasteiger charge is 2.50. The van der Waals surface area contributed by atoms with Gasteiger partial charge in [-0.3, -0.25) is 19.5 Å². The van der Waals surface area contributed by atoms with Crippen molar-refractivity contribution < 1.29 is 14.0 Å². The average Bonchev–Trinajstić information content (AvgIpc) is 3.61. The standard InChI is InChI=1S/C36H28FN5O2/c37-32-15-13-30(14-16-32)36(31-12-4-9-25(19-31)27-11-5-17-39-20-27)34(44)42(35(38)40-36)21-24-6-3-10-26(18-24)33(43)41-22-28-7-1-2-8-29(28)23-41/h1-20H,21-23H2,(H2,38,40). The first-order valence-corrected chi connectivity index (χ1v) is 14.3. The molecule has 0 saturated carbocycles. The van der Waals surface area contributed by atoms with E-state index in [1.807, 2.05) is 77.7 Å². The summed E-state index contributed by atoms with van der Waals surface area (Å²) in [4.78, 5) is 40.2. The lowest BCUT2D eigenvalue weighted by Crippen LogP contribution is -2.43. The van der Waals surface area contributed by atoms with Crippen LogP contribution in [0.15, 0.2) is 127 Å². The first-order chi connectivity index (χ1) is 21.4. The summed E-state index contributed by atoms with van der Waals surface area (Å²) in [6.07, 6.45) is 3.45. The molecular formula is C36H28FN5O2. The maximum Gasteiger partial charge on any atom is 0.266 e. The minimum Gasteiger partial charge on any atom is -0.369 e. The van der Waals surface area contributed by atoms with Gasteiger partial charge in [-0.05, 0) is 75.3 Å². The summed E-state index contributed by atoms with van der Waals surface area (Å²) >= 11 is 0. The lowest BCUT2D eigenvalue weighted by atomic mass is 9.81. The Labute approximate surface area is 254 Å². The zero-order valence-corrected chi connectivity index (χ0v) is 23.7. The number of halogens is 1. The van der Waals surface area contributed by atoms with Gasteiger partial charge in [-0.2, -0.15) is 0 Å². The molecule has 44 heavy (non-hydrogen) atoms. The number of rotatable bonds is 6. The van der Waals surface area contributed by atoms with Crippen LogP contribution in [0.3, 0.4) is 0 Å². The van der Waals surface area contributed by atoms with E-state index in [-0.39, 0.29) is 24.3 Å². The molecule has 1 aromatic heterocycles. The zero-order chi connectivity index (χ0) is 30.3. The summed E-state index contributed by atoms with van der Waals surface area (Å²) < 4.78 is 14.0. The van der Waals surface area contributed by atoms with Gasteiger partial charge in [0.05, 0.1) is 6.54 Å². The molecule has 7 nitrogen and oxygen atoms in total. The molecule has 2 aliphatic heterocycles. The minimum absolute atomic E-state index is 0.0397. The third kappa shape index (κ3) is 4.70. The number of benzene rings is 4. The van der Waals surface area contributed by atoms with E-state index in [1.165, 1.54) is 17.0 Å². The Hall–Kier alpha value is -5.63. The summed E-state index contributed by atoms with van der Waals surface area (Å²) in [6, 6.07) is 32.4. The first-order valence-electron chi connectivity index (χ1n) is 14.3. The van der Waals surface area contributed by atoms with Gasteiger partial charge in [0.2, 0.25) is 0 Å². The van der Waals surface area contributed by atoms with Gasteiger partial charge in [0.1, 0.15) is 5.82 Å². The smallest absolute Gasteiger partial charge is 0.266 e.